The van der Waals surface area contributed by atoms with Crippen molar-refractivity contribution in [3.63, 3.8) is 0 Å². The van der Waals surface area contributed by atoms with E-state index in [1.165, 1.54) is 28.8 Å². The third-order valence-electron chi connectivity index (χ3n) is 2.87. The summed E-state index contributed by atoms with van der Waals surface area (Å²) in [6, 6.07) is 3.75. The van der Waals surface area contributed by atoms with Crippen molar-refractivity contribution in [3.8, 4) is 5.75 Å². The molecule has 2 rings (SSSR count). The van der Waals surface area contributed by atoms with E-state index in [1.807, 2.05) is 0 Å². The third kappa shape index (κ3) is 2.28. The first-order valence-corrected chi connectivity index (χ1v) is 6.57. The van der Waals surface area contributed by atoms with E-state index in [-0.39, 0.29) is 11.7 Å². The first kappa shape index (κ1) is 12.8. The van der Waals surface area contributed by atoms with Gasteiger partial charge in [-0.05, 0) is 30.7 Å². The average Bonchev–Trinajstić information content (AvgIpc) is 2.81. The normalized spacial score (nSPS) is 18.9. The second-order valence-electron chi connectivity index (χ2n) is 4.13. The highest BCUT2D eigenvalue weighted by molar-refractivity contribution is 7.99. The Balaban J connectivity index is 2.25. The fourth-order valence-electron chi connectivity index (χ4n) is 1.80. The maximum absolute atomic E-state index is 12.2. The van der Waals surface area contributed by atoms with Crippen LogP contribution in [-0.2, 0) is 4.79 Å². The van der Waals surface area contributed by atoms with E-state index >= 15 is 0 Å². The van der Waals surface area contributed by atoms with Gasteiger partial charge in [-0.3, -0.25) is 4.79 Å². The number of carbonyl (C=O) groups excluding carboxylic acids is 1. The molecule has 1 fully saturated rings. The summed E-state index contributed by atoms with van der Waals surface area (Å²) in [6.45, 7) is 1.69. The Kier molecular flexibility index (Phi) is 3.47. The monoisotopic (exact) mass is 267 g/mol. The average molecular weight is 267 g/mol. The van der Waals surface area contributed by atoms with E-state index in [2.05, 4.69) is 0 Å². The Hall–Kier alpha value is -1.69. The summed E-state index contributed by atoms with van der Waals surface area (Å²) in [6.07, 6.45) is 0. The number of carbonyl (C=O) groups is 2. The van der Waals surface area contributed by atoms with Gasteiger partial charge in [0.25, 0.3) is 5.91 Å². The van der Waals surface area contributed by atoms with Gasteiger partial charge in [0.2, 0.25) is 0 Å². The zero-order valence-corrected chi connectivity index (χ0v) is 10.6. The highest BCUT2D eigenvalue weighted by Crippen LogP contribution is 2.25. The molecule has 96 valence electrons. The van der Waals surface area contributed by atoms with Crippen LogP contribution in [0.5, 0.6) is 5.75 Å². The van der Waals surface area contributed by atoms with Gasteiger partial charge >= 0.3 is 5.97 Å². The molecule has 18 heavy (non-hydrogen) atoms. The lowest BCUT2D eigenvalue weighted by molar-refractivity contribution is -0.140. The van der Waals surface area contributed by atoms with Gasteiger partial charge < -0.3 is 15.1 Å². The van der Waals surface area contributed by atoms with Gasteiger partial charge in [-0.2, -0.15) is 0 Å². The third-order valence-corrected chi connectivity index (χ3v) is 3.88. The predicted octanol–water partition coefficient (Wildman–Crippen LogP) is 1.30. The number of thioether (sulfide) groups is 1. The Morgan fingerprint density at radius 1 is 1.44 bits per heavy atom. The Morgan fingerprint density at radius 3 is 2.78 bits per heavy atom. The minimum Gasteiger partial charge on any atom is -0.508 e. The molecule has 1 aromatic carbocycles. The zero-order chi connectivity index (χ0) is 13.3. The van der Waals surface area contributed by atoms with Crippen molar-refractivity contribution in [2.75, 3.05) is 11.6 Å². The fourth-order valence-corrected chi connectivity index (χ4v) is 2.95. The smallest absolute Gasteiger partial charge is 0.327 e. The second-order valence-corrected chi connectivity index (χ2v) is 5.13. The summed E-state index contributed by atoms with van der Waals surface area (Å²) >= 11 is 1.42. The van der Waals surface area contributed by atoms with Crippen LogP contribution in [0.3, 0.4) is 0 Å². The van der Waals surface area contributed by atoms with Crippen molar-refractivity contribution >= 4 is 23.6 Å². The summed E-state index contributed by atoms with van der Waals surface area (Å²) in [7, 11) is 0. The van der Waals surface area contributed by atoms with Crippen LogP contribution in [0.4, 0.5) is 0 Å². The lowest BCUT2D eigenvalue weighted by Gasteiger charge is -2.20. The quantitative estimate of drug-likeness (QED) is 0.844. The molecule has 1 unspecified atom stereocenters. The van der Waals surface area contributed by atoms with Gasteiger partial charge in [-0.1, -0.05) is 0 Å². The molecule has 0 bridgehead atoms. The number of hydrogen-bond donors (Lipinski definition) is 2. The number of aromatic hydroxyl groups is 1. The highest BCUT2D eigenvalue weighted by atomic mass is 32.2. The maximum atomic E-state index is 12.2. The number of rotatable bonds is 2. The number of benzene rings is 1. The van der Waals surface area contributed by atoms with E-state index in [4.69, 9.17) is 5.11 Å². The van der Waals surface area contributed by atoms with Crippen LogP contribution in [0.1, 0.15) is 15.9 Å². The minimum atomic E-state index is -0.983. The maximum Gasteiger partial charge on any atom is 0.327 e. The van der Waals surface area contributed by atoms with Crippen LogP contribution in [-0.4, -0.2) is 44.7 Å². The highest BCUT2D eigenvalue weighted by Gasteiger charge is 2.35. The summed E-state index contributed by atoms with van der Waals surface area (Å²) in [4.78, 5) is 24.6. The van der Waals surface area contributed by atoms with Crippen molar-refractivity contribution in [1.29, 1.82) is 0 Å². The van der Waals surface area contributed by atoms with Gasteiger partial charge in [0, 0.05) is 11.3 Å². The summed E-state index contributed by atoms with van der Waals surface area (Å²) in [5.41, 5.74) is 0.999. The molecule has 0 spiro atoms. The van der Waals surface area contributed by atoms with Crippen molar-refractivity contribution < 1.29 is 19.8 Å². The second kappa shape index (κ2) is 4.89. The van der Waals surface area contributed by atoms with Gasteiger partial charge in [0.05, 0.1) is 5.88 Å². The summed E-state index contributed by atoms with van der Waals surface area (Å²) in [5, 5.41) is 18.4. The molecule has 1 amide bonds. The molecular formula is C12H13NO4S. The van der Waals surface area contributed by atoms with Crippen LogP contribution < -0.4 is 0 Å². The standard InChI is InChI=1S/C12H13NO4S/c1-7-4-8(2-3-10(7)14)11(15)13-6-18-5-9(13)12(16)17/h2-4,9,14H,5-6H2,1H3,(H,16,17). The van der Waals surface area contributed by atoms with Gasteiger partial charge in [-0.25, -0.2) is 4.79 Å². The number of aliphatic carboxylic acids is 1. The predicted molar refractivity (Wildman–Crippen MR) is 67.8 cm³/mol. The number of nitrogens with zero attached hydrogens (tertiary/aromatic N) is 1. The van der Waals surface area contributed by atoms with Gasteiger partial charge in [0.1, 0.15) is 11.8 Å². The molecule has 1 aliphatic rings. The van der Waals surface area contributed by atoms with Crippen LogP contribution in [0.2, 0.25) is 0 Å². The Labute approximate surface area is 108 Å². The Bertz CT molecular complexity index is 503. The van der Waals surface area contributed by atoms with E-state index in [0.29, 0.717) is 22.8 Å². The van der Waals surface area contributed by atoms with Gasteiger partial charge in [0.15, 0.2) is 0 Å². The lowest BCUT2D eigenvalue weighted by atomic mass is 10.1. The van der Waals surface area contributed by atoms with Crippen molar-refractivity contribution in [2.45, 2.75) is 13.0 Å². The molecule has 2 N–H and O–H groups in total. The Morgan fingerprint density at radius 2 is 2.17 bits per heavy atom. The molecule has 0 aromatic heterocycles. The molecular weight excluding hydrogens is 254 g/mol. The largest absolute Gasteiger partial charge is 0.508 e. The van der Waals surface area contributed by atoms with E-state index < -0.39 is 12.0 Å². The van der Waals surface area contributed by atoms with Crippen LogP contribution >= 0.6 is 11.8 Å². The molecule has 1 atom stereocenters. The lowest BCUT2D eigenvalue weighted by Crippen LogP contribution is -2.41. The summed E-state index contributed by atoms with van der Waals surface area (Å²) < 4.78 is 0. The van der Waals surface area contributed by atoms with Crippen molar-refractivity contribution in [3.05, 3.63) is 29.3 Å². The molecule has 0 aliphatic carbocycles. The zero-order valence-electron chi connectivity index (χ0n) is 9.79. The van der Waals surface area contributed by atoms with E-state index in [1.54, 1.807) is 13.0 Å². The first-order valence-electron chi connectivity index (χ1n) is 5.42. The van der Waals surface area contributed by atoms with Crippen LogP contribution in [0.25, 0.3) is 0 Å². The number of phenolic OH excluding ortho intramolecular Hbond substituents is 1. The van der Waals surface area contributed by atoms with E-state index in [0.717, 1.165) is 0 Å². The summed E-state index contributed by atoms with van der Waals surface area (Å²) in [5.74, 6) is -0.370. The number of carboxylic acid groups (broad SMARTS) is 1. The number of carboxylic acids is 1. The topological polar surface area (TPSA) is 77.8 Å². The van der Waals surface area contributed by atoms with Crippen molar-refractivity contribution in [2.24, 2.45) is 0 Å². The SMILES string of the molecule is Cc1cc(C(=O)N2CSCC2C(=O)O)ccc1O. The van der Waals surface area contributed by atoms with Gasteiger partial charge in [-0.15, -0.1) is 11.8 Å². The molecule has 1 heterocycles. The van der Waals surface area contributed by atoms with Crippen molar-refractivity contribution in [1.82, 2.24) is 4.90 Å². The number of amides is 1. The van der Waals surface area contributed by atoms with Crippen LogP contribution in [0, 0.1) is 6.92 Å². The van der Waals surface area contributed by atoms with E-state index in [9.17, 15) is 14.7 Å². The molecule has 0 saturated carbocycles. The molecule has 1 saturated heterocycles. The first-order chi connectivity index (χ1) is 8.50. The molecule has 6 heteroatoms. The minimum absolute atomic E-state index is 0.122. The molecule has 1 aliphatic heterocycles. The number of aryl methyl sites for hydroxylation is 1. The number of phenols is 1. The molecule has 5 nitrogen and oxygen atoms in total. The molecule has 1 aromatic rings. The fraction of sp³-hybridized carbons (Fsp3) is 0.333. The number of hydrogen-bond acceptors (Lipinski definition) is 4. The van der Waals surface area contributed by atoms with Crippen LogP contribution in [0.15, 0.2) is 18.2 Å². The molecule has 0 radical (unpaired) electrons.